The third-order valence-corrected chi connectivity index (χ3v) is 5.85. The van der Waals surface area contributed by atoms with Crippen LogP contribution in [0.25, 0.3) is 0 Å². The van der Waals surface area contributed by atoms with Crippen molar-refractivity contribution in [1.82, 2.24) is 4.31 Å². The van der Waals surface area contributed by atoms with Gasteiger partial charge in [0, 0.05) is 13.1 Å². The molecule has 5 heteroatoms. The second-order valence-corrected chi connectivity index (χ2v) is 7.60. The maximum absolute atomic E-state index is 12.9. The molecule has 1 aromatic carbocycles. The predicted molar refractivity (Wildman–Crippen MR) is 84.1 cm³/mol. The molecule has 1 aromatic rings. The van der Waals surface area contributed by atoms with Gasteiger partial charge in [0.05, 0.1) is 11.4 Å². The summed E-state index contributed by atoms with van der Waals surface area (Å²) in [6, 6.07) is 3.57. The summed E-state index contributed by atoms with van der Waals surface area (Å²) in [4.78, 5) is 0.324. The summed E-state index contributed by atoms with van der Waals surface area (Å²) in [6.07, 6.45) is 7.50. The summed E-state index contributed by atoms with van der Waals surface area (Å²) in [5, 5.41) is 0. The van der Waals surface area contributed by atoms with E-state index < -0.39 is 10.0 Å². The summed E-state index contributed by atoms with van der Waals surface area (Å²) in [7, 11) is -3.56. The van der Waals surface area contributed by atoms with Gasteiger partial charge in [-0.3, -0.25) is 0 Å². The fourth-order valence-corrected chi connectivity index (χ4v) is 4.14. The van der Waals surface area contributed by atoms with E-state index in [1.165, 1.54) is 4.31 Å². The first-order chi connectivity index (χ1) is 9.90. The summed E-state index contributed by atoms with van der Waals surface area (Å²) >= 11 is 0. The van der Waals surface area contributed by atoms with Crippen LogP contribution < -0.4 is 5.73 Å². The first kappa shape index (κ1) is 16.0. The number of hydrogen-bond acceptors (Lipinski definition) is 3. The Morgan fingerprint density at radius 2 is 2.00 bits per heavy atom. The van der Waals surface area contributed by atoms with E-state index >= 15 is 0 Å². The highest BCUT2D eigenvalue weighted by Gasteiger charge is 2.32. The average molecular weight is 306 g/mol. The van der Waals surface area contributed by atoms with E-state index in [1.54, 1.807) is 6.07 Å². The molecule has 0 amide bonds. The Morgan fingerprint density at radius 3 is 2.52 bits per heavy atom. The van der Waals surface area contributed by atoms with Crippen molar-refractivity contribution in [2.24, 2.45) is 11.7 Å². The van der Waals surface area contributed by atoms with Gasteiger partial charge in [0.1, 0.15) is 0 Å². The number of sulfonamides is 1. The molecule has 1 saturated carbocycles. The van der Waals surface area contributed by atoms with E-state index in [2.05, 4.69) is 5.92 Å². The molecule has 0 unspecified atom stereocenters. The molecule has 0 heterocycles. The SMILES string of the molecule is C#CCN(CC1CC1)S(=O)(=O)c1cc(CN)c(C)cc1C. The van der Waals surface area contributed by atoms with Gasteiger partial charge in [-0.1, -0.05) is 12.0 Å². The molecule has 21 heavy (non-hydrogen) atoms. The van der Waals surface area contributed by atoms with Gasteiger partial charge in [0.15, 0.2) is 0 Å². The van der Waals surface area contributed by atoms with Gasteiger partial charge in [-0.05, 0) is 55.4 Å². The van der Waals surface area contributed by atoms with Gasteiger partial charge in [0.25, 0.3) is 0 Å². The first-order valence-corrected chi connectivity index (χ1v) is 8.58. The minimum Gasteiger partial charge on any atom is -0.326 e. The van der Waals surface area contributed by atoms with E-state index in [1.807, 2.05) is 19.9 Å². The molecule has 4 nitrogen and oxygen atoms in total. The molecule has 0 saturated heterocycles. The Bertz CT molecular complexity index is 670. The lowest BCUT2D eigenvalue weighted by atomic mass is 10.1. The number of nitrogens with two attached hydrogens (primary N) is 1. The smallest absolute Gasteiger partial charge is 0.244 e. The predicted octanol–water partition coefficient (Wildman–Crippen LogP) is 1.80. The van der Waals surface area contributed by atoms with E-state index in [-0.39, 0.29) is 6.54 Å². The molecule has 0 bridgehead atoms. The van der Waals surface area contributed by atoms with Crippen molar-refractivity contribution in [3.05, 3.63) is 28.8 Å². The van der Waals surface area contributed by atoms with Gasteiger partial charge in [-0.15, -0.1) is 6.42 Å². The van der Waals surface area contributed by atoms with Crippen LogP contribution in [0, 0.1) is 32.1 Å². The second-order valence-electron chi connectivity index (χ2n) is 5.69. The molecule has 0 aromatic heterocycles. The highest BCUT2D eigenvalue weighted by Crippen LogP contribution is 2.32. The molecular formula is C16H22N2O2S. The van der Waals surface area contributed by atoms with Crippen LogP contribution in [-0.2, 0) is 16.6 Å². The lowest BCUT2D eigenvalue weighted by Crippen LogP contribution is -2.34. The van der Waals surface area contributed by atoms with Crippen molar-refractivity contribution >= 4 is 10.0 Å². The lowest BCUT2D eigenvalue weighted by Gasteiger charge is -2.22. The summed E-state index contributed by atoms with van der Waals surface area (Å²) in [6.45, 7) is 4.70. The van der Waals surface area contributed by atoms with E-state index in [9.17, 15) is 8.42 Å². The fourth-order valence-electron chi connectivity index (χ4n) is 2.45. The number of hydrogen-bond donors (Lipinski definition) is 1. The Morgan fingerprint density at radius 1 is 1.33 bits per heavy atom. The number of aryl methyl sites for hydroxylation is 2. The number of rotatable bonds is 6. The second kappa shape index (κ2) is 6.18. The molecule has 0 aliphatic heterocycles. The van der Waals surface area contributed by atoms with Crippen LogP contribution in [0.4, 0.5) is 0 Å². The maximum atomic E-state index is 12.9. The van der Waals surface area contributed by atoms with Crippen molar-refractivity contribution in [3.63, 3.8) is 0 Å². The molecule has 0 atom stereocenters. The minimum absolute atomic E-state index is 0.115. The largest absolute Gasteiger partial charge is 0.326 e. The first-order valence-electron chi connectivity index (χ1n) is 7.14. The van der Waals surface area contributed by atoms with Gasteiger partial charge in [0.2, 0.25) is 10.0 Å². The van der Waals surface area contributed by atoms with Crippen molar-refractivity contribution in [2.45, 2.75) is 38.1 Å². The van der Waals surface area contributed by atoms with E-state index in [4.69, 9.17) is 12.2 Å². The standard InChI is InChI=1S/C16H22N2O2S/c1-4-7-18(11-14-5-6-14)21(19,20)16-9-15(10-17)12(2)8-13(16)3/h1,8-9,14H,5-7,10-11,17H2,2-3H3. The van der Waals surface area contributed by atoms with E-state index in [0.29, 0.717) is 23.9 Å². The molecule has 114 valence electrons. The Labute approximate surface area is 127 Å². The topological polar surface area (TPSA) is 63.4 Å². The molecule has 1 aliphatic rings. The Kier molecular flexibility index (Phi) is 4.72. The number of benzene rings is 1. The van der Waals surface area contributed by atoms with Crippen molar-refractivity contribution in [2.75, 3.05) is 13.1 Å². The van der Waals surface area contributed by atoms with Gasteiger partial charge >= 0.3 is 0 Å². The van der Waals surface area contributed by atoms with Gasteiger partial charge in [-0.25, -0.2) is 8.42 Å². The van der Waals surface area contributed by atoms with Crippen molar-refractivity contribution in [1.29, 1.82) is 0 Å². The van der Waals surface area contributed by atoms with Crippen LogP contribution in [0.1, 0.15) is 29.5 Å². The Balaban J connectivity index is 2.43. The minimum atomic E-state index is -3.56. The molecule has 0 spiro atoms. The summed E-state index contributed by atoms with van der Waals surface area (Å²) in [5.74, 6) is 2.91. The zero-order valence-corrected chi connectivity index (χ0v) is 13.4. The molecule has 1 fully saturated rings. The lowest BCUT2D eigenvalue weighted by molar-refractivity contribution is 0.429. The van der Waals surface area contributed by atoms with Crippen molar-refractivity contribution in [3.8, 4) is 12.3 Å². The number of nitrogens with zero attached hydrogens (tertiary/aromatic N) is 1. The third kappa shape index (κ3) is 3.46. The zero-order chi connectivity index (χ0) is 15.6. The normalized spacial score (nSPS) is 15.2. The highest BCUT2D eigenvalue weighted by molar-refractivity contribution is 7.89. The van der Waals surface area contributed by atoms with Crippen LogP contribution in [0.5, 0.6) is 0 Å². The average Bonchev–Trinajstić information content (AvgIpc) is 3.22. The molecule has 1 aliphatic carbocycles. The number of terminal acetylenes is 1. The highest BCUT2D eigenvalue weighted by atomic mass is 32.2. The summed E-state index contributed by atoms with van der Waals surface area (Å²) in [5.41, 5.74) is 8.30. The molecule has 2 N–H and O–H groups in total. The van der Waals surface area contributed by atoms with Gasteiger partial charge < -0.3 is 5.73 Å². The monoisotopic (exact) mass is 306 g/mol. The van der Waals surface area contributed by atoms with Crippen LogP contribution in [0.15, 0.2) is 17.0 Å². The van der Waals surface area contributed by atoms with Crippen LogP contribution in [-0.4, -0.2) is 25.8 Å². The maximum Gasteiger partial charge on any atom is 0.244 e. The summed E-state index contributed by atoms with van der Waals surface area (Å²) < 4.78 is 27.2. The van der Waals surface area contributed by atoms with Crippen LogP contribution in [0.2, 0.25) is 0 Å². The van der Waals surface area contributed by atoms with E-state index in [0.717, 1.165) is 29.5 Å². The van der Waals surface area contributed by atoms with Crippen molar-refractivity contribution < 1.29 is 8.42 Å². The quantitative estimate of drug-likeness (QED) is 0.815. The third-order valence-electron chi connectivity index (χ3n) is 3.90. The van der Waals surface area contributed by atoms with Gasteiger partial charge in [-0.2, -0.15) is 4.31 Å². The molecule has 0 radical (unpaired) electrons. The molecule has 2 rings (SSSR count). The fraction of sp³-hybridized carbons (Fsp3) is 0.500. The molecular weight excluding hydrogens is 284 g/mol. The van der Waals surface area contributed by atoms with Crippen LogP contribution in [0.3, 0.4) is 0 Å². The Hall–Kier alpha value is -1.35. The van der Waals surface area contributed by atoms with Crippen LogP contribution >= 0.6 is 0 Å². The zero-order valence-electron chi connectivity index (χ0n) is 12.6.